The van der Waals surface area contributed by atoms with E-state index in [-0.39, 0.29) is 12.0 Å². The summed E-state index contributed by atoms with van der Waals surface area (Å²) in [6.07, 6.45) is 4.47. The van der Waals surface area contributed by atoms with E-state index in [9.17, 15) is 4.79 Å². The second kappa shape index (κ2) is 7.07. The Labute approximate surface area is 120 Å². The van der Waals surface area contributed by atoms with Crippen molar-refractivity contribution in [2.45, 2.75) is 46.3 Å². The number of rotatable bonds is 5. The summed E-state index contributed by atoms with van der Waals surface area (Å²) in [5, 5.41) is 6.02. The highest BCUT2D eigenvalue weighted by atomic mass is 16.6. The summed E-state index contributed by atoms with van der Waals surface area (Å²) < 4.78 is 5.26. The summed E-state index contributed by atoms with van der Waals surface area (Å²) >= 11 is 0. The van der Waals surface area contributed by atoms with Gasteiger partial charge in [0.05, 0.1) is 12.2 Å². The van der Waals surface area contributed by atoms with Gasteiger partial charge in [-0.15, -0.1) is 0 Å². The van der Waals surface area contributed by atoms with E-state index in [0.717, 1.165) is 0 Å². The average molecular weight is 280 g/mol. The summed E-state index contributed by atoms with van der Waals surface area (Å²) in [7, 11) is 0. The van der Waals surface area contributed by atoms with E-state index in [4.69, 9.17) is 4.74 Å². The molecule has 1 rings (SSSR count). The van der Waals surface area contributed by atoms with Crippen molar-refractivity contribution < 1.29 is 9.53 Å². The maximum absolute atomic E-state index is 11.8. The molecule has 1 aromatic rings. The van der Waals surface area contributed by atoms with Crippen molar-refractivity contribution in [3.8, 4) is 0 Å². The number of carbonyl (C=O) groups excluding carboxylic acids is 1. The SMILES string of the molecule is CC(C)C(CNc1cnccn1)NC(=O)OC(C)(C)C. The van der Waals surface area contributed by atoms with Gasteiger partial charge in [-0.05, 0) is 26.7 Å². The van der Waals surface area contributed by atoms with Crippen molar-refractivity contribution in [1.29, 1.82) is 0 Å². The van der Waals surface area contributed by atoms with E-state index in [2.05, 4.69) is 20.6 Å². The molecular weight excluding hydrogens is 256 g/mol. The van der Waals surface area contributed by atoms with Crippen LogP contribution in [-0.4, -0.2) is 34.2 Å². The molecule has 0 fully saturated rings. The monoisotopic (exact) mass is 280 g/mol. The smallest absolute Gasteiger partial charge is 0.407 e. The van der Waals surface area contributed by atoms with E-state index >= 15 is 0 Å². The fraction of sp³-hybridized carbons (Fsp3) is 0.643. The lowest BCUT2D eigenvalue weighted by Gasteiger charge is -2.26. The first-order valence-corrected chi connectivity index (χ1v) is 6.77. The molecule has 0 aliphatic carbocycles. The van der Waals surface area contributed by atoms with Gasteiger partial charge in [-0.25, -0.2) is 9.78 Å². The van der Waals surface area contributed by atoms with E-state index in [0.29, 0.717) is 12.4 Å². The minimum absolute atomic E-state index is 0.0492. The molecule has 1 aromatic heterocycles. The van der Waals surface area contributed by atoms with Crippen molar-refractivity contribution in [1.82, 2.24) is 15.3 Å². The van der Waals surface area contributed by atoms with Gasteiger partial charge in [-0.3, -0.25) is 4.98 Å². The molecule has 2 N–H and O–H groups in total. The number of nitrogens with one attached hydrogen (secondary N) is 2. The number of hydrogen-bond donors (Lipinski definition) is 2. The van der Waals surface area contributed by atoms with Crippen LogP contribution in [0.2, 0.25) is 0 Å². The molecule has 0 saturated heterocycles. The van der Waals surface area contributed by atoms with Crippen LogP contribution in [0.1, 0.15) is 34.6 Å². The van der Waals surface area contributed by atoms with Crippen LogP contribution in [0.5, 0.6) is 0 Å². The topological polar surface area (TPSA) is 76.1 Å². The highest BCUT2D eigenvalue weighted by molar-refractivity contribution is 5.68. The largest absolute Gasteiger partial charge is 0.444 e. The molecule has 0 aromatic carbocycles. The molecule has 1 amide bonds. The molecule has 0 saturated carbocycles. The lowest BCUT2D eigenvalue weighted by molar-refractivity contribution is 0.0494. The van der Waals surface area contributed by atoms with Crippen LogP contribution in [-0.2, 0) is 4.74 Å². The molecule has 1 unspecified atom stereocenters. The molecule has 1 heterocycles. The van der Waals surface area contributed by atoms with Crippen LogP contribution in [0.3, 0.4) is 0 Å². The Bertz CT molecular complexity index is 415. The Hall–Kier alpha value is -1.85. The summed E-state index contributed by atoms with van der Waals surface area (Å²) in [6, 6.07) is -0.0492. The molecular formula is C14H24N4O2. The number of anilines is 1. The first-order valence-electron chi connectivity index (χ1n) is 6.77. The Kier molecular flexibility index (Phi) is 5.73. The third-order valence-electron chi connectivity index (χ3n) is 2.57. The molecule has 0 aliphatic heterocycles. The van der Waals surface area contributed by atoms with Crippen molar-refractivity contribution in [3.05, 3.63) is 18.6 Å². The zero-order chi connectivity index (χ0) is 15.2. The maximum Gasteiger partial charge on any atom is 0.407 e. The predicted molar refractivity (Wildman–Crippen MR) is 78.5 cm³/mol. The third-order valence-corrected chi connectivity index (χ3v) is 2.57. The summed E-state index contributed by atoms with van der Waals surface area (Å²) in [6.45, 7) is 10.2. The summed E-state index contributed by atoms with van der Waals surface area (Å²) in [4.78, 5) is 19.9. The van der Waals surface area contributed by atoms with Gasteiger partial charge in [-0.2, -0.15) is 0 Å². The van der Waals surface area contributed by atoms with Crippen molar-refractivity contribution >= 4 is 11.9 Å². The number of aromatic nitrogens is 2. The molecule has 20 heavy (non-hydrogen) atoms. The highest BCUT2D eigenvalue weighted by Gasteiger charge is 2.21. The zero-order valence-corrected chi connectivity index (χ0v) is 12.8. The van der Waals surface area contributed by atoms with Crippen LogP contribution in [0, 0.1) is 5.92 Å². The van der Waals surface area contributed by atoms with Gasteiger partial charge in [-0.1, -0.05) is 13.8 Å². The normalized spacial score (nSPS) is 12.9. The van der Waals surface area contributed by atoms with E-state index in [1.54, 1.807) is 18.6 Å². The Morgan fingerprint density at radius 3 is 2.55 bits per heavy atom. The highest BCUT2D eigenvalue weighted by Crippen LogP contribution is 2.09. The van der Waals surface area contributed by atoms with Crippen LogP contribution >= 0.6 is 0 Å². The lowest BCUT2D eigenvalue weighted by atomic mass is 10.0. The summed E-state index contributed by atoms with van der Waals surface area (Å²) in [5.41, 5.74) is -0.496. The molecule has 0 aliphatic rings. The first-order chi connectivity index (χ1) is 9.28. The minimum Gasteiger partial charge on any atom is -0.444 e. The Morgan fingerprint density at radius 1 is 1.35 bits per heavy atom. The molecule has 0 radical (unpaired) electrons. The Morgan fingerprint density at radius 2 is 2.05 bits per heavy atom. The van der Waals surface area contributed by atoms with Crippen LogP contribution in [0.25, 0.3) is 0 Å². The quantitative estimate of drug-likeness (QED) is 0.866. The average Bonchev–Trinajstić information content (AvgIpc) is 2.33. The van der Waals surface area contributed by atoms with Crippen molar-refractivity contribution in [2.24, 2.45) is 5.92 Å². The first kappa shape index (κ1) is 16.2. The van der Waals surface area contributed by atoms with E-state index in [1.807, 2.05) is 34.6 Å². The van der Waals surface area contributed by atoms with Gasteiger partial charge in [0.2, 0.25) is 0 Å². The van der Waals surface area contributed by atoms with Crippen LogP contribution in [0.4, 0.5) is 10.6 Å². The molecule has 0 bridgehead atoms. The van der Waals surface area contributed by atoms with Gasteiger partial charge in [0.25, 0.3) is 0 Å². The number of amides is 1. The number of alkyl carbamates (subject to hydrolysis) is 1. The number of ether oxygens (including phenoxy) is 1. The molecule has 0 spiro atoms. The second-order valence-electron chi connectivity index (χ2n) is 5.97. The molecule has 6 nitrogen and oxygen atoms in total. The Balaban J connectivity index is 2.51. The van der Waals surface area contributed by atoms with Gasteiger partial charge >= 0.3 is 6.09 Å². The number of hydrogen-bond acceptors (Lipinski definition) is 5. The van der Waals surface area contributed by atoms with E-state index < -0.39 is 11.7 Å². The van der Waals surface area contributed by atoms with Gasteiger partial charge < -0.3 is 15.4 Å². The zero-order valence-electron chi connectivity index (χ0n) is 12.8. The van der Waals surface area contributed by atoms with Gasteiger partial charge in [0.1, 0.15) is 11.4 Å². The number of nitrogens with zero attached hydrogens (tertiary/aromatic N) is 2. The van der Waals surface area contributed by atoms with Crippen LogP contribution in [0.15, 0.2) is 18.6 Å². The standard InChI is InChI=1S/C14H24N4O2/c1-10(2)11(18-13(19)20-14(3,4)5)8-17-12-9-15-6-7-16-12/h6-7,9-11H,8H2,1-5H3,(H,16,17)(H,18,19). The maximum atomic E-state index is 11.8. The van der Waals surface area contributed by atoms with Crippen molar-refractivity contribution in [2.75, 3.05) is 11.9 Å². The fourth-order valence-electron chi connectivity index (χ4n) is 1.52. The van der Waals surface area contributed by atoms with Gasteiger partial charge in [0, 0.05) is 18.9 Å². The second-order valence-corrected chi connectivity index (χ2v) is 5.97. The van der Waals surface area contributed by atoms with E-state index in [1.165, 1.54) is 0 Å². The molecule has 112 valence electrons. The third kappa shape index (κ3) is 6.36. The minimum atomic E-state index is -0.496. The predicted octanol–water partition coefficient (Wildman–Crippen LogP) is 2.44. The van der Waals surface area contributed by atoms with Crippen molar-refractivity contribution in [3.63, 3.8) is 0 Å². The number of carbonyl (C=O) groups is 1. The molecule has 6 heteroatoms. The fourth-order valence-corrected chi connectivity index (χ4v) is 1.52. The van der Waals surface area contributed by atoms with Gasteiger partial charge in [0.15, 0.2) is 0 Å². The lowest BCUT2D eigenvalue weighted by Crippen LogP contribution is -2.45. The van der Waals surface area contributed by atoms with Crippen LogP contribution < -0.4 is 10.6 Å². The summed E-state index contributed by atoms with van der Waals surface area (Å²) in [5.74, 6) is 0.954. The molecule has 1 atom stereocenters.